The molecule has 109 heavy (non-hydrogen) atoms. The van der Waals surface area contributed by atoms with Gasteiger partial charge in [0.2, 0.25) is 0 Å². The number of nitrogens with zero attached hydrogens (tertiary/aromatic N) is 4. The minimum Gasteiger partial charge on any atom is -1.00 e. The van der Waals surface area contributed by atoms with E-state index >= 15 is 0 Å². The summed E-state index contributed by atoms with van der Waals surface area (Å²) in [5.74, 6) is 5.90. The zero-order valence-electron chi connectivity index (χ0n) is 74.3. The largest absolute Gasteiger partial charge is 1.00 e. The Balaban J connectivity index is -0.00000197. The van der Waals surface area contributed by atoms with E-state index in [9.17, 15) is 0 Å². The number of unbranched alkanes of at least 4 members (excludes halogenated alkanes) is 25. The molecule has 3 fully saturated rings. The van der Waals surface area contributed by atoms with Crippen molar-refractivity contribution in [1.82, 2.24) is 0 Å². The fraction of sp³-hybridized carbons (Fsp3) is 0.957. The molecule has 12 nitrogen and oxygen atoms in total. The first-order valence-corrected chi connectivity index (χ1v) is 45.6. The number of allylic oxidation sites excluding steroid dienone is 4. The predicted octanol–water partition coefficient (Wildman–Crippen LogP) is 12.9. The van der Waals surface area contributed by atoms with Gasteiger partial charge in [-0.05, 0) is 148 Å². The van der Waals surface area contributed by atoms with Gasteiger partial charge in [-0.1, -0.05) is 291 Å². The highest BCUT2D eigenvalue weighted by molar-refractivity contribution is 5.20. The number of quaternary nitrogens is 4. The van der Waals surface area contributed by atoms with Crippen LogP contribution in [-0.4, -0.2) is 182 Å². The molecule has 16 heteroatoms. The van der Waals surface area contributed by atoms with Gasteiger partial charge in [0.05, 0.1) is 111 Å². The van der Waals surface area contributed by atoms with Crippen molar-refractivity contribution in [1.29, 1.82) is 0 Å². The van der Waals surface area contributed by atoms with Crippen LogP contribution in [0.15, 0.2) is 24.3 Å². The maximum Gasteiger partial charge on any atom is 0.131 e. The summed E-state index contributed by atoms with van der Waals surface area (Å²) in [6, 6.07) is 0. The van der Waals surface area contributed by atoms with Crippen molar-refractivity contribution in [3.8, 4) is 0 Å². The Morgan fingerprint density at radius 1 is 0.339 bits per heavy atom. The topological polar surface area (TPSA) is 73.8 Å². The lowest BCUT2D eigenvalue weighted by Crippen LogP contribution is -3.00. The molecule has 0 aromatic heterocycles. The molecule has 0 amide bonds. The summed E-state index contributed by atoms with van der Waals surface area (Å²) in [5, 5.41) is 0. The third kappa shape index (κ3) is 54.1. The average molecular weight is 1630 g/mol. The fourth-order valence-corrected chi connectivity index (χ4v) is 18.5. The second-order valence-electron chi connectivity index (χ2n) is 38.3. The summed E-state index contributed by atoms with van der Waals surface area (Å²) in [5.41, 5.74) is 0.615. The minimum absolute atomic E-state index is 0. The van der Waals surface area contributed by atoms with Crippen molar-refractivity contribution >= 4 is 0 Å². The van der Waals surface area contributed by atoms with Gasteiger partial charge in [-0.25, -0.2) is 39.1 Å². The summed E-state index contributed by atoms with van der Waals surface area (Å²) in [6.07, 6.45) is 78.8. The van der Waals surface area contributed by atoms with Crippen molar-refractivity contribution in [2.75, 3.05) is 164 Å². The zero-order valence-corrected chi connectivity index (χ0v) is 77.4. The Labute approximate surface area is 704 Å². The average Bonchev–Trinajstić information content (AvgIpc) is 0.761. The van der Waals surface area contributed by atoms with Crippen LogP contribution in [0.25, 0.3) is 0 Å². The van der Waals surface area contributed by atoms with Crippen LogP contribution in [0.2, 0.25) is 0 Å². The van der Waals surface area contributed by atoms with E-state index in [-0.39, 0.29) is 62.5 Å². The number of hydrogen-bond donors (Lipinski definition) is 0. The standard InChI is InChI=1S/C46H94N2O4.C46H90N2O4.CH4.4ClH/c2*1-9-11-13-23-29-42-33-35-46(34-27-21-20-24-30-43(46)41-52-51-40-37-48(6,7)8)45(44(42)31-25-14-12-10-2)32-26-19-17-15-16-18-22-28-38-49-50-39-36-47(3,4)5;;;;;/h42-45H,9-41H2,1-8H3;26,32-33,35,42-45H,9-25,27-31,34,36-41H2,1-8H3;1H4;4*1H/q2*+2;;;;;/p-4/b;32-26-;;;;;/t2*42?,43?,44?,45?,46-;;;;;/m00...../s1. The first-order chi connectivity index (χ1) is 50.0. The fourth-order valence-electron chi connectivity index (χ4n) is 18.5. The SMILES string of the molecule is C.CCCCCCC1C=C[C@]2(CCCCCCC2COOCC[N+](C)(C)C)C(/C=C\CCCCCCCCOOCC[N+](C)(C)C)C1CCCCCC.CCCCCCC1CC[C@]2(CCCCCCC2COOCC[N+](C)(C)C)C(CCCCCCCCCCOOCC[N+](C)(C)C)C1CCCCCC.[Cl-].[Cl-].[Cl-].[Cl-]. The number of rotatable bonds is 61. The Hall–Kier alpha value is 0.160. The minimum atomic E-state index is 0. The molecule has 4 aliphatic carbocycles. The van der Waals surface area contributed by atoms with Crippen molar-refractivity contribution in [3.05, 3.63) is 24.3 Å². The third-order valence-corrected chi connectivity index (χ3v) is 25.1. The summed E-state index contributed by atoms with van der Waals surface area (Å²) in [4.78, 5) is 45.8. The van der Waals surface area contributed by atoms with Crippen molar-refractivity contribution in [3.63, 3.8) is 0 Å². The van der Waals surface area contributed by atoms with Crippen LogP contribution in [0.3, 0.4) is 0 Å². The molecule has 0 aromatic carbocycles. The summed E-state index contributed by atoms with van der Waals surface area (Å²) >= 11 is 0. The second-order valence-corrected chi connectivity index (χ2v) is 38.3. The van der Waals surface area contributed by atoms with E-state index in [1.165, 1.54) is 308 Å². The molecular weight excluding hydrogens is 1440 g/mol. The van der Waals surface area contributed by atoms with Crippen LogP contribution >= 0.6 is 0 Å². The highest BCUT2D eigenvalue weighted by Crippen LogP contribution is 2.60. The van der Waals surface area contributed by atoms with E-state index in [4.69, 9.17) is 39.1 Å². The van der Waals surface area contributed by atoms with Crippen LogP contribution in [0.5, 0.6) is 0 Å². The summed E-state index contributed by atoms with van der Waals surface area (Å²) < 4.78 is 3.62. The van der Waals surface area contributed by atoms with E-state index in [0.717, 1.165) is 100 Å². The van der Waals surface area contributed by atoms with Gasteiger partial charge in [0.25, 0.3) is 0 Å². The maximum atomic E-state index is 6.22. The van der Waals surface area contributed by atoms with Crippen molar-refractivity contribution < 1.29 is 107 Å². The second kappa shape index (κ2) is 69.0. The molecule has 2 spiro atoms. The van der Waals surface area contributed by atoms with E-state index in [1.807, 2.05) is 0 Å². The third-order valence-electron chi connectivity index (χ3n) is 25.1. The van der Waals surface area contributed by atoms with Gasteiger partial charge < -0.3 is 67.6 Å². The normalized spacial score (nSPS) is 23.5. The van der Waals surface area contributed by atoms with Crippen LogP contribution in [-0.2, 0) is 39.1 Å². The molecule has 10 atom stereocenters. The summed E-state index contributed by atoms with van der Waals surface area (Å²) in [6.45, 7) is 19.0. The van der Waals surface area contributed by atoms with Gasteiger partial charge in [0.15, 0.2) is 0 Å². The predicted molar refractivity (Wildman–Crippen MR) is 451 cm³/mol. The lowest BCUT2D eigenvalue weighted by molar-refractivity contribution is -0.871. The first-order valence-electron chi connectivity index (χ1n) is 45.6. The van der Waals surface area contributed by atoms with Gasteiger partial charge in [-0.3, -0.25) is 0 Å². The molecule has 0 N–H and O–H groups in total. The lowest BCUT2D eigenvalue weighted by atomic mass is 9.49. The Kier molecular flexibility index (Phi) is 71.7. The molecule has 0 radical (unpaired) electrons. The molecule has 0 saturated heterocycles. The highest BCUT2D eigenvalue weighted by atomic mass is 35.5. The van der Waals surface area contributed by atoms with Crippen LogP contribution in [0.4, 0.5) is 0 Å². The molecular formula is C93H188Cl4N4O8. The van der Waals surface area contributed by atoms with Crippen LogP contribution in [0, 0.1) is 58.2 Å². The van der Waals surface area contributed by atoms with Gasteiger partial charge in [-0.2, -0.15) is 0 Å². The van der Waals surface area contributed by atoms with Gasteiger partial charge in [0, 0.05) is 0 Å². The van der Waals surface area contributed by atoms with Crippen molar-refractivity contribution in [2.45, 2.75) is 356 Å². The molecule has 4 rings (SSSR count). The molecule has 0 bridgehead atoms. The number of halogens is 4. The van der Waals surface area contributed by atoms with E-state index in [0.29, 0.717) is 62.1 Å². The smallest absolute Gasteiger partial charge is 0.131 e. The lowest BCUT2D eigenvalue weighted by Gasteiger charge is -2.56. The Morgan fingerprint density at radius 3 is 1.18 bits per heavy atom. The summed E-state index contributed by atoms with van der Waals surface area (Å²) in [7, 11) is 26.5. The van der Waals surface area contributed by atoms with Crippen molar-refractivity contribution in [2.24, 2.45) is 58.2 Å². The number of likely N-dealkylation sites (N-methyl/N-ethyl adjacent to an activating group) is 4. The van der Waals surface area contributed by atoms with E-state index in [2.05, 4.69) is 137 Å². The number of hydrogen-bond acceptors (Lipinski definition) is 8. The molecule has 0 aromatic rings. The Bertz CT molecular complexity index is 2040. The maximum absolute atomic E-state index is 6.22. The van der Waals surface area contributed by atoms with E-state index < -0.39 is 0 Å². The molecule has 0 heterocycles. The van der Waals surface area contributed by atoms with Gasteiger partial charge in [-0.15, -0.1) is 0 Å². The molecule has 8 unspecified atom stereocenters. The molecule has 656 valence electrons. The molecule has 4 aliphatic rings. The zero-order chi connectivity index (χ0) is 75.9. The first kappa shape index (κ1) is 113. The van der Waals surface area contributed by atoms with Gasteiger partial charge in [0.1, 0.15) is 52.6 Å². The monoisotopic (exact) mass is 1630 g/mol. The molecule has 0 aliphatic heterocycles. The molecule has 3 saturated carbocycles. The van der Waals surface area contributed by atoms with E-state index in [1.54, 1.807) is 0 Å². The quantitative estimate of drug-likeness (QED) is 0.0196. The van der Waals surface area contributed by atoms with Crippen LogP contribution in [0.1, 0.15) is 356 Å². The van der Waals surface area contributed by atoms with Gasteiger partial charge >= 0.3 is 0 Å². The Morgan fingerprint density at radius 2 is 0.706 bits per heavy atom. The van der Waals surface area contributed by atoms with Crippen LogP contribution < -0.4 is 49.6 Å². The highest BCUT2D eigenvalue weighted by Gasteiger charge is 2.52.